The van der Waals surface area contributed by atoms with E-state index in [0.29, 0.717) is 19.0 Å². The van der Waals surface area contributed by atoms with Crippen molar-refractivity contribution in [2.24, 2.45) is 0 Å². The first-order valence-corrected chi connectivity index (χ1v) is 27.1. The summed E-state index contributed by atoms with van der Waals surface area (Å²) in [6, 6.07) is 96.1. The minimum Gasteiger partial charge on any atom is -0.497 e. The van der Waals surface area contributed by atoms with Crippen molar-refractivity contribution in [3.63, 3.8) is 0 Å². The number of hydrogen-bond acceptors (Lipinski definition) is 10. The van der Waals surface area contributed by atoms with E-state index < -0.39 is 0 Å². The molecule has 0 bridgehead atoms. The molecule has 12 rings (SSSR count). The second kappa shape index (κ2) is 25.7. The van der Waals surface area contributed by atoms with E-state index in [2.05, 4.69) is 243 Å². The minimum absolute atomic E-state index is 0.281. The molecule has 0 saturated heterocycles. The lowest BCUT2D eigenvalue weighted by Crippen LogP contribution is -2.24. The fourth-order valence-electron chi connectivity index (χ4n) is 9.77. The third-order valence-corrected chi connectivity index (χ3v) is 14.0. The third-order valence-electron chi connectivity index (χ3n) is 14.0. The van der Waals surface area contributed by atoms with Gasteiger partial charge in [-0.1, -0.05) is 170 Å². The molecule has 400 valence electrons. The number of ether oxygens (including phenoxy) is 2. The smallest absolute Gasteiger partial charge is 0.226 e. The van der Waals surface area contributed by atoms with E-state index in [1.807, 2.05) is 66.9 Å². The maximum Gasteiger partial charge on any atom is 0.226 e. The second-order valence-electron chi connectivity index (χ2n) is 19.4. The van der Waals surface area contributed by atoms with Crippen LogP contribution in [0.1, 0.15) is 11.1 Å². The van der Waals surface area contributed by atoms with Crippen LogP contribution in [0.2, 0.25) is 0 Å². The second-order valence-corrected chi connectivity index (χ2v) is 19.4. The largest absolute Gasteiger partial charge is 0.497 e. The molecule has 0 aliphatic heterocycles. The van der Waals surface area contributed by atoms with Crippen molar-refractivity contribution in [2.75, 3.05) is 34.7 Å². The lowest BCUT2D eigenvalue weighted by atomic mass is 10.0. The standard InChI is InChI=1S/C44H38N4O2.C28H22N4/c1-49-41-25-13-33(14-26-41)31-47(32-34-15-27-42(50-2)28-16-34)44-45-30-29-43(46-44)37-19-17-35(18-20-37)36-21-23-40(24-22-36)48(38-9-5-3-6-10-38)39-11-7-4-8-12-39;29-28-30-20-19-27(31-28)23-13-11-21(12-14-23)22-15-17-26(18-16-22)32(24-7-3-1-4-8-24)25-9-5-2-6-10-25/h3-30H,31-32H2,1-2H3;1-20H,(H2,29,30,31). The summed E-state index contributed by atoms with van der Waals surface area (Å²) in [5, 5.41) is 0. The average molecular weight is 1070 g/mol. The van der Waals surface area contributed by atoms with E-state index in [0.717, 1.165) is 102 Å². The molecule has 2 heterocycles. The number of aromatic nitrogens is 4. The third kappa shape index (κ3) is 13.0. The monoisotopic (exact) mass is 1070 g/mol. The van der Waals surface area contributed by atoms with Gasteiger partial charge < -0.3 is 29.9 Å². The molecular weight excluding hydrogens is 1010 g/mol. The van der Waals surface area contributed by atoms with Crippen molar-refractivity contribution in [3.8, 4) is 56.3 Å². The van der Waals surface area contributed by atoms with Crippen LogP contribution >= 0.6 is 0 Å². The Kier molecular flexibility index (Phi) is 16.7. The summed E-state index contributed by atoms with van der Waals surface area (Å²) in [4.78, 5) is 24.7. The number of para-hydroxylation sites is 4. The van der Waals surface area contributed by atoms with E-state index in [1.165, 1.54) is 0 Å². The van der Waals surface area contributed by atoms with Gasteiger partial charge in [0.05, 0.1) is 25.6 Å². The van der Waals surface area contributed by atoms with Gasteiger partial charge in [-0.3, -0.25) is 0 Å². The molecule has 0 amide bonds. The van der Waals surface area contributed by atoms with Gasteiger partial charge in [-0.25, -0.2) is 19.9 Å². The van der Waals surface area contributed by atoms with Gasteiger partial charge in [0.1, 0.15) is 11.5 Å². The van der Waals surface area contributed by atoms with Crippen LogP contribution in [-0.2, 0) is 13.1 Å². The zero-order valence-electron chi connectivity index (χ0n) is 45.7. The van der Waals surface area contributed by atoms with Gasteiger partial charge >= 0.3 is 0 Å². The molecule has 82 heavy (non-hydrogen) atoms. The van der Waals surface area contributed by atoms with Gasteiger partial charge in [-0.05, 0) is 143 Å². The highest BCUT2D eigenvalue weighted by molar-refractivity contribution is 5.80. The van der Waals surface area contributed by atoms with Crippen molar-refractivity contribution in [1.29, 1.82) is 0 Å². The molecule has 2 N–H and O–H groups in total. The predicted octanol–water partition coefficient (Wildman–Crippen LogP) is 17.4. The molecule has 10 heteroatoms. The Morgan fingerprint density at radius 1 is 0.317 bits per heavy atom. The van der Waals surface area contributed by atoms with Crippen LogP contribution in [0.15, 0.2) is 291 Å². The van der Waals surface area contributed by atoms with Crippen molar-refractivity contribution in [3.05, 3.63) is 303 Å². The highest BCUT2D eigenvalue weighted by Crippen LogP contribution is 2.38. The van der Waals surface area contributed by atoms with Gasteiger partial charge in [-0.15, -0.1) is 0 Å². The van der Waals surface area contributed by atoms with Gasteiger partial charge in [0.2, 0.25) is 11.9 Å². The minimum atomic E-state index is 0.281. The maximum atomic E-state index is 5.71. The molecular formula is C72H60N8O2. The highest BCUT2D eigenvalue weighted by atomic mass is 16.5. The van der Waals surface area contributed by atoms with Crippen molar-refractivity contribution in [1.82, 2.24) is 19.9 Å². The molecule has 0 aliphatic rings. The topological polar surface area (TPSA) is 106 Å². The molecule has 10 aromatic carbocycles. The Morgan fingerprint density at radius 2 is 0.622 bits per heavy atom. The molecule has 0 spiro atoms. The lowest BCUT2D eigenvalue weighted by Gasteiger charge is -2.25. The van der Waals surface area contributed by atoms with Crippen LogP contribution in [0.4, 0.5) is 46.0 Å². The van der Waals surface area contributed by atoms with Crippen LogP contribution in [-0.4, -0.2) is 34.2 Å². The fourth-order valence-corrected chi connectivity index (χ4v) is 9.77. The number of anilines is 8. The van der Waals surface area contributed by atoms with Crippen LogP contribution in [0.3, 0.4) is 0 Å². The van der Waals surface area contributed by atoms with Gasteiger partial charge in [0.25, 0.3) is 0 Å². The first-order valence-electron chi connectivity index (χ1n) is 27.1. The Hall–Kier alpha value is -10.8. The molecule has 0 unspecified atom stereocenters. The average Bonchev–Trinajstić information content (AvgIpc) is 3.67. The zero-order valence-corrected chi connectivity index (χ0v) is 45.7. The lowest BCUT2D eigenvalue weighted by molar-refractivity contribution is 0.414. The van der Waals surface area contributed by atoms with Crippen molar-refractivity contribution < 1.29 is 9.47 Å². The summed E-state index contributed by atoms with van der Waals surface area (Å²) in [5.41, 5.74) is 23.0. The van der Waals surface area contributed by atoms with Gasteiger partial charge in [0, 0.05) is 70.7 Å². The van der Waals surface area contributed by atoms with E-state index in [-0.39, 0.29) is 5.95 Å². The molecule has 10 nitrogen and oxygen atoms in total. The Morgan fingerprint density at radius 3 is 0.963 bits per heavy atom. The Labute approximate surface area is 479 Å². The summed E-state index contributed by atoms with van der Waals surface area (Å²) in [5.74, 6) is 2.60. The summed E-state index contributed by atoms with van der Waals surface area (Å²) in [6.07, 6.45) is 3.51. The Bertz CT molecular complexity index is 3790. The van der Waals surface area contributed by atoms with Crippen LogP contribution in [0.5, 0.6) is 11.5 Å². The molecule has 0 atom stereocenters. The van der Waals surface area contributed by atoms with E-state index >= 15 is 0 Å². The summed E-state index contributed by atoms with van der Waals surface area (Å²) >= 11 is 0. The molecule has 12 aromatic rings. The number of hydrogen-bond donors (Lipinski definition) is 1. The van der Waals surface area contributed by atoms with E-state index in [4.69, 9.17) is 25.2 Å². The van der Waals surface area contributed by atoms with Gasteiger partial charge in [0.15, 0.2) is 0 Å². The molecule has 0 fully saturated rings. The molecule has 0 radical (unpaired) electrons. The van der Waals surface area contributed by atoms with Crippen LogP contribution in [0.25, 0.3) is 44.8 Å². The van der Waals surface area contributed by atoms with Crippen LogP contribution < -0.4 is 29.9 Å². The number of nitrogens with two attached hydrogens (primary N) is 1. The summed E-state index contributed by atoms with van der Waals surface area (Å²) < 4.78 is 10.7. The molecule has 0 aliphatic carbocycles. The number of nitrogen functional groups attached to an aromatic ring is 1. The maximum absolute atomic E-state index is 5.71. The zero-order chi connectivity index (χ0) is 55.9. The molecule has 0 saturated carbocycles. The van der Waals surface area contributed by atoms with Gasteiger partial charge in [-0.2, -0.15) is 0 Å². The summed E-state index contributed by atoms with van der Waals surface area (Å²) in [6.45, 7) is 1.28. The number of benzene rings is 10. The normalized spacial score (nSPS) is 10.7. The fraction of sp³-hybridized carbons (Fsp3) is 0.0556. The van der Waals surface area contributed by atoms with E-state index in [9.17, 15) is 0 Å². The van der Waals surface area contributed by atoms with Crippen LogP contribution in [0, 0.1) is 0 Å². The molecule has 2 aromatic heterocycles. The van der Waals surface area contributed by atoms with Crippen molar-refractivity contribution >= 4 is 46.0 Å². The first-order chi connectivity index (χ1) is 40.4. The van der Waals surface area contributed by atoms with E-state index in [1.54, 1.807) is 20.4 Å². The number of nitrogens with zero attached hydrogens (tertiary/aromatic N) is 7. The SMILES string of the molecule is COc1ccc(CN(Cc2ccc(OC)cc2)c2nccc(-c3ccc(-c4ccc(N(c5ccccc5)c5ccccc5)cc4)cc3)n2)cc1.Nc1nccc(-c2ccc(-c3ccc(N(c4ccccc4)c4ccccc4)cc3)cc2)n1. The highest BCUT2D eigenvalue weighted by Gasteiger charge is 2.17. The number of methoxy groups -OCH3 is 2. The quantitative estimate of drug-likeness (QED) is 0.0948. The Balaban J connectivity index is 0.000000189. The van der Waals surface area contributed by atoms with Crippen molar-refractivity contribution in [2.45, 2.75) is 13.1 Å². The number of rotatable bonds is 17. The first kappa shape index (κ1) is 53.2. The predicted molar refractivity (Wildman–Crippen MR) is 335 cm³/mol. The summed E-state index contributed by atoms with van der Waals surface area (Å²) in [7, 11) is 3.36.